The Labute approximate surface area is 454 Å². The summed E-state index contributed by atoms with van der Waals surface area (Å²) in [7, 11) is -24.4. The van der Waals surface area contributed by atoms with Crippen LogP contribution in [0, 0.1) is 0 Å². The summed E-state index contributed by atoms with van der Waals surface area (Å²) in [6.45, 7) is 0.156. The zero-order valence-electron chi connectivity index (χ0n) is 39.6. The largest absolute Gasteiger partial charge is 0.478 e. The van der Waals surface area contributed by atoms with E-state index in [1.54, 1.807) is 0 Å². The lowest BCUT2D eigenvalue weighted by Gasteiger charge is -2.12. The van der Waals surface area contributed by atoms with Gasteiger partial charge in [-0.1, -0.05) is 17.2 Å². The van der Waals surface area contributed by atoms with Gasteiger partial charge in [0, 0.05) is 23.4 Å². The number of nitrogen functional groups attached to an aromatic ring is 1. The summed E-state index contributed by atoms with van der Waals surface area (Å²) in [5.74, 6) is -3.81. The first-order valence-corrected chi connectivity index (χ1v) is 29.3. The topological polar surface area (TPSA) is 508 Å². The summed E-state index contributed by atoms with van der Waals surface area (Å²) >= 11 is 0.191. The van der Waals surface area contributed by atoms with Crippen molar-refractivity contribution in [2.75, 3.05) is 34.0 Å². The minimum atomic E-state index is -5.08. The van der Waals surface area contributed by atoms with Gasteiger partial charge >= 0.3 is 34.2 Å². The molecule has 11 N–H and O–H groups in total. The minimum Gasteiger partial charge on any atom is -0.478 e. The van der Waals surface area contributed by atoms with Crippen molar-refractivity contribution in [3.05, 3.63) is 109 Å². The Bertz CT molecular complexity index is 4290. The van der Waals surface area contributed by atoms with E-state index in [-0.39, 0.29) is 79.3 Å². The number of anilines is 6. The Morgan fingerprint density at radius 1 is 0.675 bits per heavy atom. The summed E-state index contributed by atoms with van der Waals surface area (Å²) in [4.78, 5) is 34.2. The Balaban J connectivity index is 1.29. The van der Waals surface area contributed by atoms with E-state index in [1.165, 1.54) is 53.4 Å². The Morgan fingerprint density at radius 2 is 1.31 bits per heavy atom. The van der Waals surface area contributed by atoms with Gasteiger partial charge in [0.1, 0.15) is 31.7 Å². The number of carboxylic acid groups (broad SMARTS) is 1. The number of pyridine rings is 1. The summed E-state index contributed by atoms with van der Waals surface area (Å²) in [6, 6.07) is 16.3. The molecule has 7 rings (SSSR count). The molecule has 0 radical (unpaired) electrons. The number of nitrogens with two attached hydrogens (primary N) is 1. The number of carbonyl (C=O) groups excluding carboxylic acids is 1. The van der Waals surface area contributed by atoms with E-state index in [0.29, 0.717) is 0 Å². The van der Waals surface area contributed by atoms with E-state index in [2.05, 4.69) is 64.9 Å². The number of benzene rings is 5. The maximum Gasteiger partial charge on any atom is 0.444 e. The Morgan fingerprint density at radius 3 is 1.94 bits per heavy atom. The summed E-state index contributed by atoms with van der Waals surface area (Å²) in [6.07, 6.45) is 2.53. The molecule has 5 aromatic carbocycles. The average molecular weight is 1220 g/mol. The monoisotopic (exact) mass is 1220 g/mol. The molecular formula is C41H35N12O21S6+. The molecule has 0 aliphatic carbocycles. The molecule has 0 bridgehead atoms. The maximum atomic E-state index is 13.0. The van der Waals surface area contributed by atoms with Crippen LogP contribution < -0.4 is 26.3 Å². The van der Waals surface area contributed by atoms with Crippen molar-refractivity contribution in [2.45, 2.75) is 31.4 Å². The highest BCUT2D eigenvalue weighted by atomic mass is 32.3. The molecule has 39 heteroatoms. The van der Waals surface area contributed by atoms with Crippen molar-refractivity contribution in [3.8, 4) is 5.95 Å². The second-order valence-electron chi connectivity index (χ2n) is 15.7. The third-order valence-corrected chi connectivity index (χ3v) is 15.7. The highest BCUT2D eigenvalue weighted by Gasteiger charge is 2.26. The number of hydrogen-bond donors (Lipinski definition) is 10. The van der Waals surface area contributed by atoms with Gasteiger partial charge < -0.3 is 26.8 Å². The maximum absolute atomic E-state index is 13.0. The Hall–Kier alpha value is -8.16. The lowest BCUT2D eigenvalue weighted by atomic mass is 10.1. The van der Waals surface area contributed by atoms with Crippen molar-refractivity contribution >= 4 is 143 Å². The van der Waals surface area contributed by atoms with Gasteiger partial charge in [-0.2, -0.15) is 38.8 Å². The van der Waals surface area contributed by atoms with Gasteiger partial charge in [0.25, 0.3) is 30.4 Å². The number of amides is 1. The molecule has 0 saturated heterocycles. The van der Waals surface area contributed by atoms with E-state index in [1.807, 2.05) is 0 Å². The number of carbonyl (C=O) groups is 2. The summed E-state index contributed by atoms with van der Waals surface area (Å²) in [5, 5.41) is 45.8. The third-order valence-electron chi connectivity index (χ3n) is 10.2. The van der Waals surface area contributed by atoms with Crippen LogP contribution >= 0.6 is 12.0 Å². The highest BCUT2D eigenvalue weighted by Crippen LogP contribution is 2.40. The SMILES string of the molecule is CC(=O)Nc1cc(Nc2nc(Nc3cc(N)c(S(=O)(=O)O)cc3N=Nc3ccc(S(=O)(=O)CCOS(=O)(=O)O)cc3SOOO)nc(-[n+]3ccc(C(=O)O)cc3)n2)ccc1N=Nc1cc(S(=O)(=O)O)c2cccc(S(=O)(=O)O)c2c1. The van der Waals surface area contributed by atoms with Gasteiger partial charge in [0.05, 0.1) is 74.9 Å². The first-order chi connectivity index (χ1) is 37.4. The predicted octanol–water partition coefficient (Wildman–Crippen LogP) is 5.62. The fourth-order valence-electron chi connectivity index (χ4n) is 6.81. The molecule has 80 heavy (non-hydrogen) atoms. The van der Waals surface area contributed by atoms with Crippen molar-refractivity contribution < 1.29 is 98.4 Å². The molecule has 0 saturated carbocycles. The second kappa shape index (κ2) is 23.7. The smallest absolute Gasteiger partial charge is 0.444 e. The molecule has 7 aromatic rings. The van der Waals surface area contributed by atoms with Gasteiger partial charge in [-0.05, 0) is 88.8 Å². The number of carboxylic acids is 1. The lowest BCUT2D eigenvalue weighted by molar-refractivity contribution is -0.603. The zero-order chi connectivity index (χ0) is 58.5. The number of sulfone groups is 1. The molecule has 0 unspecified atom stereocenters. The first-order valence-electron chi connectivity index (χ1n) is 21.2. The fraction of sp³-hybridized carbons (Fsp3) is 0.0732. The lowest BCUT2D eigenvalue weighted by Crippen LogP contribution is -2.33. The number of nitrogens with zero attached hydrogens (tertiary/aromatic N) is 8. The van der Waals surface area contributed by atoms with Crippen molar-refractivity contribution in [2.24, 2.45) is 20.5 Å². The molecule has 420 valence electrons. The number of azo groups is 2. The number of aromatic carboxylic acids is 1. The number of hydrogen-bond acceptors (Lipinski definition) is 27. The van der Waals surface area contributed by atoms with Gasteiger partial charge in [-0.25, -0.2) is 27.2 Å². The molecule has 33 nitrogen and oxygen atoms in total. The molecule has 0 fully saturated rings. The van der Waals surface area contributed by atoms with Crippen LogP contribution in [0.25, 0.3) is 16.7 Å². The number of rotatable bonds is 22. The minimum absolute atomic E-state index is 0.0603. The van der Waals surface area contributed by atoms with Gasteiger partial charge in [0.2, 0.25) is 5.91 Å². The second-order valence-corrected chi connectivity index (χ2v) is 23.8. The van der Waals surface area contributed by atoms with Crippen LogP contribution in [0.5, 0.6) is 0 Å². The van der Waals surface area contributed by atoms with Gasteiger partial charge in [0.15, 0.2) is 9.84 Å². The van der Waals surface area contributed by atoms with E-state index in [0.717, 1.165) is 61.5 Å². The average Bonchev–Trinajstić information content (AvgIpc) is 3.35. The van der Waals surface area contributed by atoms with Crippen LogP contribution in [0.4, 0.5) is 57.4 Å². The number of aromatic nitrogens is 4. The molecular weight excluding hydrogens is 1190 g/mol. The van der Waals surface area contributed by atoms with E-state index >= 15 is 0 Å². The van der Waals surface area contributed by atoms with Crippen LogP contribution in [-0.4, -0.2) is 110 Å². The summed E-state index contributed by atoms with van der Waals surface area (Å²) in [5.41, 5.74) is 4.02. The normalized spacial score (nSPS) is 12.5. The number of nitrogens with one attached hydrogen (secondary N) is 3. The van der Waals surface area contributed by atoms with Crippen LogP contribution in [0.2, 0.25) is 0 Å². The zero-order valence-corrected chi connectivity index (χ0v) is 44.5. The first kappa shape index (κ1) is 59.5. The molecule has 1 amide bonds. The molecule has 2 aromatic heterocycles. The van der Waals surface area contributed by atoms with E-state index < -0.39 is 112 Å². The quantitative estimate of drug-likeness (QED) is 0.00748. The van der Waals surface area contributed by atoms with Crippen LogP contribution in [0.15, 0.2) is 148 Å². The van der Waals surface area contributed by atoms with Crippen molar-refractivity contribution in [1.82, 2.24) is 15.0 Å². The van der Waals surface area contributed by atoms with Gasteiger partial charge in [-0.15, -0.1) is 24.7 Å². The van der Waals surface area contributed by atoms with Crippen LogP contribution in [0.3, 0.4) is 0 Å². The predicted molar refractivity (Wildman–Crippen MR) is 275 cm³/mol. The molecule has 2 heterocycles. The van der Waals surface area contributed by atoms with E-state index in [4.69, 9.17) is 15.5 Å². The van der Waals surface area contributed by atoms with Crippen molar-refractivity contribution in [3.63, 3.8) is 0 Å². The molecule has 0 aliphatic rings. The van der Waals surface area contributed by atoms with E-state index in [9.17, 15) is 70.4 Å². The highest BCUT2D eigenvalue weighted by molar-refractivity contribution is 7.95. The standard InChI is InChI=1S/C41H34N12O21S6/c1-21(54)43-31-16-23(5-7-29(31)50-49-24-15-27-26(36(17-24)78(63,64)65)3-2-4-35(27)77(60,61)62)44-39-46-40(48-41(47-39)53-11-9-22(10-12-53)38(55)56)45-32-19-28(42)37(79(66,67)68)20-33(32)52-51-30-8-6-25(18-34(30)75-74-73-57)76(58,59)14-13-72-80(69,70)71/h2-12,15-20H,13-14H2,1H3,(H10-,42,43,44,45,46,47,48,49,51,54,55,56,57,60,61,62,63,64,65,66,67,68,69,70,71)/p+1. The fourth-order valence-corrected chi connectivity index (χ4v) is 10.9. The van der Waals surface area contributed by atoms with Crippen LogP contribution in [-0.2, 0) is 68.9 Å². The van der Waals surface area contributed by atoms with Crippen molar-refractivity contribution in [1.29, 1.82) is 0 Å². The molecule has 0 atom stereocenters. The van der Waals surface area contributed by atoms with Gasteiger partial charge in [-0.3, -0.25) is 23.0 Å². The summed E-state index contributed by atoms with van der Waals surface area (Å²) < 4.78 is 170. The Kier molecular flexibility index (Phi) is 17.6. The van der Waals surface area contributed by atoms with Crippen LogP contribution in [0.1, 0.15) is 17.3 Å². The number of fused-ring (bicyclic) bond motifs is 1. The molecule has 0 spiro atoms. The third kappa shape index (κ3) is 15.1. The molecule has 0 aliphatic heterocycles.